The Hall–Kier alpha value is -1.70. The topological polar surface area (TPSA) is 97.1 Å². The number of aromatic nitrogens is 3. The lowest BCUT2D eigenvalue weighted by atomic mass is 10.4. The molecule has 0 unspecified atom stereocenters. The molecule has 0 spiro atoms. The summed E-state index contributed by atoms with van der Waals surface area (Å²) < 4.78 is 1.69. The van der Waals surface area contributed by atoms with Gasteiger partial charge in [-0.25, -0.2) is 4.68 Å². The number of carbonyl (C=O) groups excluding carboxylic acids is 1. The molecule has 0 aliphatic carbocycles. The number of carbonyl (C=O) groups is 2. The van der Waals surface area contributed by atoms with Crippen molar-refractivity contribution in [1.82, 2.24) is 20.3 Å². The summed E-state index contributed by atoms with van der Waals surface area (Å²) in [6, 6.07) is 0. The van der Waals surface area contributed by atoms with Crippen LogP contribution >= 0.6 is 15.9 Å². The molecule has 1 amide bonds. The molecule has 0 radical (unpaired) electrons. The third-order valence-electron chi connectivity index (χ3n) is 1.51. The van der Waals surface area contributed by atoms with Crippen molar-refractivity contribution in [3.8, 4) is 0 Å². The zero-order valence-electron chi connectivity index (χ0n) is 8.18. The monoisotopic (exact) mass is 288 g/mol. The molecule has 0 aromatic carbocycles. The zero-order chi connectivity index (χ0) is 12.1. The Bertz CT molecular complexity index is 429. The Morgan fingerprint density at radius 2 is 2.31 bits per heavy atom. The van der Waals surface area contributed by atoms with E-state index in [1.807, 2.05) is 0 Å². The summed E-state index contributed by atoms with van der Waals surface area (Å²) in [5, 5.41) is 18.0. The van der Waals surface area contributed by atoms with E-state index in [1.165, 1.54) is 6.20 Å². The molecule has 1 aromatic rings. The van der Waals surface area contributed by atoms with Gasteiger partial charge < -0.3 is 10.4 Å². The highest BCUT2D eigenvalue weighted by atomic mass is 79.9. The van der Waals surface area contributed by atoms with E-state index < -0.39 is 11.9 Å². The molecule has 2 N–H and O–H groups in total. The van der Waals surface area contributed by atoms with Crippen LogP contribution in [0.4, 0.5) is 0 Å². The van der Waals surface area contributed by atoms with Crippen LogP contribution in [0.15, 0.2) is 17.3 Å². The lowest BCUT2D eigenvalue weighted by molar-refractivity contribution is -0.137. The number of amides is 1. The molecule has 86 valence electrons. The van der Waals surface area contributed by atoms with E-state index in [0.717, 1.165) is 4.68 Å². The normalized spacial score (nSPS) is 9.81. The molecule has 1 aromatic heterocycles. The van der Waals surface area contributed by atoms with Crippen molar-refractivity contribution in [2.24, 2.45) is 0 Å². The van der Waals surface area contributed by atoms with Gasteiger partial charge in [-0.3, -0.25) is 9.59 Å². The van der Waals surface area contributed by atoms with Gasteiger partial charge >= 0.3 is 5.97 Å². The molecule has 0 bridgehead atoms. The van der Waals surface area contributed by atoms with Crippen LogP contribution in [0.25, 0.3) is 0 Å². The second-order valence-electron chi connectivity index (χ2n) is 2.90. The first-order chi connectivity index (χ1) is 7.49. The lowest BCUT2D eigenvalue weighted by Crippen LogP contribution is -2.24. The lowest BCUT2D eigenvalue weighted by Gasteiger charge is -1.99. The van der Waals surface area contributed by atoms with Crippen LogP contribution in [-0.4, -0.2) is 38.5 Å². The number of hydrogen-bond acceptors (Lipinski definition) is 4. The van der Waals surface area contributed by atoms with Crippen molar-refractivity contribution in [3.05, 3.63) is 23.0 Å². The van der Waals surface area contributed by atoms with Crippen molar-refractivity contribution >= 4 is 27.8 Å². The minimum atomic E-state index is -1.05. The van der Waals surface area contributed by atoms with Crippen molar-refractivity contribution in [3.63, 3.8) is 0 Å². The van der Waals surface area contributed by atoms with Crippen molar-refractivity contribution in [2.45, 2.75) is 6.54 Å². The summed E-state index contributed by atoms with van der Waals surface area (Å²) in [6.45, 7) is 3.49. The maximum atomic E-state index is 11.4. The minimum absolute atomic E-state index is 0.0648. The van der Waals surface area contributed by atoms with Crippen LogP contribution in [0.3, 0.4) is 0 Å². The molecule has 16 heavy (non-hydrogen) atoms. The number of hydrogen-bond donors (Lipinski definition) is 2. The number of rotatable bonds is 5. The molecular weight excluding hydrogens is 280 g/mol. The van der Waals surface area contributed by atoms with E-state index in [9.17, 15) is 9.59 Å². The molecule has 1 rings (SSSR count). The van der Waals surface area contributed by atoms with Crippen LogP contribution in [0.2, 0.25) is 0 Å². The summed E-state index contributed by atoms with van der Waals surface area (Å²) in [5.74, 6) is -1.48. The van der Waals surface area contributed by atoms with Gasteiger partial charge in [0.1, 0.15) is 6.54 Å². The predicted octanol–water partition coefficient (Wildman–Crippen LogP) is 0.00110. The number of nitrogens with one attached hydrogen (secondary N) is 1. The third kappa shape index (κ3) is 3.81. The van der Waals surface area contributed by atoms with Crippen LogP contribution < -0.4 is 5.32 Å². The van der Waals surface area contributed by atoms with Crippen molar-refractivity contribution in [1.29, 1.82) is 0 Å². The standard InChI is InChI=1S/C8H9BrN4O3/c1-5(9)2-10-8(16)6-3-13(12-11-6)4-7(14)15/h3H,1-2,4H2,(H,10,16)(H,14,15). The van der Waals surface area contributed by atoms with Crippen LogP contribution in [0.5, 0.6) is 0 Å². The molecule has 0 fully saturated rings. The summed E-state index contributed by atoms with van der Waals surface area (Å²) in [6.07, 6.45) is 1.26. The third-order valence-corrected chi connectivity index (χ3v) is 1.79. The summed E-state index contributed by atoms with van der Waals surface area (Å²) in [7, 11) is 0. The van der Waals surface area contributed by atoms with E-state index >= 15 is 0 Å². The Kier molecular flexibility index (Phi) is 4.18. The van der Waals surface area contributed by atoms with E-state index in [2.05, 4.69) is 38.1 Å². The smallest absolute Gasteiger partial charge is 0.325 e. The average Bonchev–Trinajstić information content (AvgIpc) is 2.61. The zero-order valence-corrected chi connectivity index (χ0v) is 9.77. The first-order valence-corrected chi connectivity index (χ1v) is 5.01. The van der Waals surface area contributed by atoms with Crippen LogP contribution in [-0.2, 0) is 11.3 Å². The predicted molar refractivity (Wildman–Crippen MR) is 58.1 cm³/mol. The highest BCUT2D eigenvalue weighted by molar-refractivity contribution is 9.11. The fourth-order valence-corrected chi connectivity index (χ4v) is 1.03. The molecule has 0 aliphatic heterocycles. The number of halogens is 1. The fraction of sp³-hybridized carbons (Fsp3) is 0.250. The van der Waals surface area contributed by atoms with Gasteiger partial charge in [-0.05, 0) is 0 Å². The minimum Gasteiger partial charge on any atom is -0.480 e. The molecule has 7 nitrogen and oxygen atoms in total. The van der Waals surface area contributed by atoms with Crippen LogP contribution in [0.1, 0.15) is 10.5 Å². The largest absolute Gasteiger partial charge is 0.480 e. The average molecular weight is 289 g/mol. The van der Waals surface area contributed by atoms with E-state index in [1.54, 1.807) is 0 Å². The van der Waals surface area contributed by atoms with E-state index in [4.69, 9.17) is 5.11 Å². The second-order valence-corrected chi connectivity index (χ2v) is 4.02. The van der Waals surface area contributed by atoms with Gasteiger partial charge in [-0.15, -0.1) is 5.10 Å². The Balaban J connectivity index is 2.59. The van der Waals surface area contributed by atoms with E-state index in [-0.39, 0.29) is 18.8 Å². The van der Waals surface area contributed by atoms with Crippen molar-refractivity contribution in [2.75, 3.05) is 6.54 Å². The van der Waals surface area contributed by atoms with E-state index in [0.29, 0.717) is 4.48 Å². The van der Waals surface area contributed by atoms with Gasteiger partial charge in [-0.2, -0.15) is 0 Å². The van der Waals surface area contributed by atoms with Gasteiger partial charge in [0, 0.05) is 11.0 Å². The highest BCUT2D eigenvalue weighted by Crippen LogP contribution is 1.98. The first kappa shape index (κ1) is 12.4. The highest BCUT2D eigenvalue weighted by Gasteiger charge is 2.11. The fourth-order valence-electron chi connectivity index (χ4n) is 0.885. The van der Waals surface area contributed by atoms with Gasteiger partial charge in [-0.1, -0.05) is 27.7 Å². The molecule has 0 aliphatic rings. The molecular formula is C8H9BrN4O3. The maximum Gasteiger partial charge on any atom is 0.325 e. The number of nitrogens with zero attached hydrogens (tertiary/aromatic N) is 3. The van der Waals surface area contributed by atoms with Gasteiger partial charge in [0.15, 0.2) is 5.69 Å². The Labute approximate surface area is 99.3 Å². The van der Waals surface area contributed by atoms with Crippen LogP contribution in [0, 0.1) is 0 Å². The summed E-state index contributed by atoms with van der Waals surface area (Å²) >= 11 is 3.09. The van der Waals surface area contributed by atoms with Gasteiger partial charge in [0.25, 0.3) is 5.91 Å². The molecule has 0 atom stereocenters. The van der Waals surface area contributed by atoms with Crippen molar-refractivity contribution < 1.29 is 14.7 Å². The van der Waals surface area contributed by atoms with Gasteiger partial charge in [0.2, 0.25) is 0 Å². The SMILES string of the molecule is C=C(Br)CNC(=O)c1cn(CC(=O)O)nn1. The van der Waals surface area contributed by atoms with Gasteiger partial charge in [0.05, 0.1) is 6.20 Å². The first-order valence-electron chi connectivity index (χ1n) is 4.22. The number of carboxylic acids is 1. The Morgan fingerprint density at radius 3 is 2.88 bits per heavy atom. The molecule has 0 saturated carbocycles. The second kappa shape index (κ2) is 5.40. The maximum absolute atomic E-state index is 11.4. The summed E-state index contributed by atoms with van der Waals surface area (Å²) in [4.78, 5) is 21.8. The quantitative estimate of drug-likeness (QED) is 0.795. The summed E-state index contributed by atoms with van der Waals surface area (Å²) in [5.41, 5.74) is 0.0648. The molecule has 8 heteroatoms. The number of carboxylic acid groups (broad SMARTS) is 1. The molecule has 1 heterocycles. The number of aliphatic carboxylic acids is 1. The molecule has 0 saturated heterocycles. The Morgan fingerprint density at radius 1 is 1.62 bits per heavy atom.